The number of allylic oxidation sites excluding steroid dienone is 2. The van der Waals surface area contributed by atoms with Gasteiger partial charge in [-0.05, 0) is 29.4 Å². The number of aliphatic hydroxyl groups excluding tert-OH is 1. The van der Waals surface area contributed by atoms with Crippen LogP contribution in [0.2, 0.25) is 0 Å². The number of hydrogen-bond donors (Lipinski definition) is 1. The van der Waals surface area contributed by atoms with Crippen molar-refractivity contribution in [1.29, 1.82) is 0 Å². The van der Waals surface area contributed by atoms with Gasteiger partial charge in [0.25, 0.3) is 0 Å². The van der Waals surface area contributed by atoms with E-state index in [0.717, 1.165) is 23.6 Å². The molecule has 1 radical (unpaired) electrons. The van der Waals surface area contributed by atoms with E-state index in [1.165, 1.54) is 17.2 Å². The van der Waals surface area contributed by atoms with E-state index in [-0.39, 0.29) is 42.5 Å². The third-order valence-corrected chi connectivity index (χ3v) is 7.11. The summed E-state index contributed by atoms with van der Waals surface area (Å²) in [6.45, 7) is 11.7. The number of para-hydroxylation sites is 1. The summed E-state index contributed by atoms with van der Waals surface area (Å²) >= 11 is 0. The summed E-state index contributed by atoms with van der Waals surface area (Å²) in [5.74, 6) is 1.43. The van der Waals surface area contributed by atoms with Crippen LogP contribution in [0, 0.1) is 16.9 Å². The first-order valence-corrected chi connectivity index (χ1v) is 13.1. The average molecular weight is 701 g/mol. The van der Waals surface area contributed by atoms with Gasteiger partial charge in [-0.2, -0.15) is 18.2 Å². The first kappa shape index (κ1) is 31.9. The van der Waals surface area contributed by atoms with E-state index < -0.39 is 0 Å². The molecule has 0 aliphatic carbocycles. The van der Waals surface area contributed by atoms with Crippen LogP contribution in [0.15, 0.2) is 96.9 Å². The van der Waals surface area contributed by atoms with E-state index >= 15 is 0 Å². The molecule has 0 saturated carbocycles. The molecule has 39 heavy (non-hydrogen) atoms. The van der Waals surface area contributed by atoms with Gasteiger partial charge < -0.3 is 9.84 Å². The molecule has 0 fully saturated rings. The summed E-state index contributed by atoms with van der Waals surface area (Å²) in [4.78, 5) is 16.2. The minimum Gasteiger partial charge on any atom is -0.512 e. The fraction of sp³-hybridized carbons (Fsp3) is 0.294. The molecule has 4 rings (SSSR count). The molecule has 5 heteroatoms. The molecule has 1 heterocycles. The molecule has 1 aromatic heterocycles. The van der Waals surface area contributed by atoms with Crippen LogP contribution in [0.5, 0.6) is 11.6 Å². The molecule has 0 atom stereocenters. The summed E-state index contributed by atoms with van der Waals surface area (Å²) in [7, 11) is 0. The van der Waals surface area contributed by atoms with Gasteiger partial charge in [0, 0.05) is 60.4 Å². The largest absolute Gasteiger partial charge is 0.512 e. The van der Waals surface area contributed by atoms with Gasteiger partial charge in [0.2, 0.25) is 5.88 Å². The molecule has 0 aliphatic rings. The van der Waals surface area contributed by atoms with Crippen molar-refractivity contribution in [2.75, 3.05) is 0 Å². The van der Waals surface area contributed by atoms with Crippen molar-refractivity contribution in [3.05, 3.63) is 103 Å². The summed E-state index contributed by atoms with van der Waals surface area (Å²) < 4.78 is 5.81. The van der Waals surface area contributed by atoms with Crippen LogP contribution in [-0.2, 0) is 24.9 Å². The quantitative estimate of drug-likeness (QED) is 0.113. The maximum atomic E-state index is 11.8. The normalized spacial score (nSPS) is 11.7. The fourth-order valence-electron chi connectivity index (χ4n) is 3.50. The maximum absolute atomic E-state index is 11.8. The third kappa shape index (κ3) is 8.61. The molecule has 1 N–H and O–H groups in total. The Labute approximate surface area is 246 Å². The maximum Gasteiger partial charge on any atom is 0.217 e. The van der Waals surface area contributed by atoms with Crippen molar-refractivity contribution in [2.45, 2.75) is 54.4 Å². The second kappa shape index (κ2) is 14.2. The monoisotopic (exact) mass is 701 g/mol. The van der Waals surface area contributed by atoms with Gasteiger partial charge in [0.1, 0.15) is 5.76 Å². The number of carbonyl (C=O) groups excluding carboxylic acids is 1. The molecule has 207 valence electrons. The topological polar surface area (TPSA) is 59.4 Å². The number of hydrogen-bond acceptors (Lipinski definition) is 4. The Balaban J connectivity index is 0.000000294. The Morgan fingerprint density at radius 3 is 2.21 bits per heavy atom. The fourth-order valence-corrected chi connectivity index (χ4v) is 3.50. The number of aromatic nitrogens is 1. The Morgan fingerprint density at radius 1 is 0.923 bits per heavy atom. The number of rotatable bonds is 8. The molecule has 0 saturated heterocycles. The molecule has 0 bridgehead atoms. The zero-order valence-corrected chi connectivity index (χ0v) is 26.0. The van der Waals surface area contributed by atoms with Gasteiger partial charge in [-0.15, -0.1) is 12.1 Å². The Kier molecular flexibility index (Phi) is 11.6. The van der Waals surface area contributed by atoms with Gasteiger partial charge in [0.05, 0.1) is 0 Å². The Morgan fingerprint density at radius 2 is 1.59 bits per heavy atom. The predicted octanol–water partition coefficient (Wildman–Crippen LogP) is 9.36. The minimum absolute atomic E-state index is 0. The molecule has 3 aromatic carbocycles. The molecule has 0 aliphatic heterocycles. The third-order valence-electron chi connectivity index (χ3n) is 7.11. The van der Waals surface area contributed by atoms with E-state index in [4.69, 9.17) is 4.74 Å². The van der Waals surface area contributed by atoms with Crippen molar-refractivity contribution in [2.24, 2.45) is 10.8 Å². The van der Waals surface area contributed by atoms with Crippen LogP contribution >= 0.6 is 0 Å². The van der Waals surface area contributed by atoms with Crippen LogP contribution in [0.4, 0.5) is 0 Å². The number of nitrogens with zero attached hydrogens (tertiary/aromatic N) is 1. The van der Waals surface area contributed by atoms with Gasteiger partial charge in [-0.25, -0.2) is 4.98 Å². The molecular formula is C34H38IrNO3-. The van der Waals surface area contributed by atoms with Crippen molar-refractivity contribution < 1.29 is 34.7 Å². The van der Waals surface area contributed by atoms with Gasteiger partial charge in [-0.3, -0.25) is 4.79 Å². The van der Waals surface area contributed by atoms with E-state index in [9.17, 15) is 9.90 Å². The second-order valence-electron chi connectivity index (χ2n) is 10.6. The molecule has 4 aromatic rings. The summed E-state index contributed by atoms with van der Waals surface area (Å²) in [6.07, 6.45) is 4.84. The predicted molar refractivity (Wildman–Crippen MR) is 156 cm³/mol. The van der Waals surface area contributed by atoms with Crippen LogP contribution in [-0.4, -0.2) is 15.9 Å². The minimum atomic E-state index is -0.377. The molecule has 4 nitrogen and oxygen atoms in total. The number of carbonyl (C=O) groups is 1. The Hall–Kier alpha value is -3.27. The number of pyridine rings is 1. The summed E-state index contributed by atoms with van der Waals surface area (Å²) in [6, 6.07) is 29.1. The van der Waals surface area contributed by atoms with Crippen LogP contribution < -0.4 is 4.74 Å². The number of fused-ring (bicyclic) bond motifs is 1. The first-order chi connectivity index (χ1) is 18.1. The van der Waals surface area contributed by atoms with Gasteiger partial charge >= 0.3 is 0 Å². The van der Waals surface area contributed by atoms with Crippen LogP contribution in [0.1, 0.15) is 54.4 Å². The number of ketones is 1. The van der Waals surface area contributed by atoms with E-state index in [0.29, 0.717) is 11.6 Å². The molecular weight excluding hydrogens is 663 g/mol. The van der Waals surface area contributed by atoms with Crippen molar-refractivity contribution in [3.8, 4) is 22.8 Å². The molecule has 0 amide bonds. The standard InChI is InChI=1S/C21H14NO.C13H24O2.Ir/c1-3-8-16(9-4-1)19-13-7-10-17-15-22-21(14-20(17)19)23-18-11-5-2-6-12-18;1-7-12(3,4)10(14)9-11(15)13(5,6)8-2;/h1-11,13-15H;9,14H,7-8H2,1-6H3;/q-1;;/b;10-9-;. The molecule has 0 spiro atoms. The first-order valence-electron chi connectivity index (χ1n) is 13.1. The SMILES string of the molecule is CCC(C)(C)C(=O)/C=C(\O)C(C)(C)CC.[Ir].[c-]1ccccc1Oc1cc2c(-c3ccccc3)cccc2cn1. The van der Waals surface area contributed by atoms with Gasteiger partial charge in [0.15, 0.2) is 5.78 Å². The van der Waals surface area contributed by atoms with E-state index in [2.05, 4.69) is 41.4 Å². The van der Waals surface area contributed by atoms with E-state index in [1.807, 2.05) is 96.3 Å². The smallest absolute Gasteiger partial charge is 0.217 e. The average Bonchev–Trinajstić information content (AvgIpc) is 2.94. The van der Waals surface area contributed by atoms with Crippen LogP contribution in [0.25, 0.3) is 21.9 Å². The van der Waals surface area contributed by atoms with Crippen molar-refractivity contribution in [3.63, 3.8) is 0 Å². The zero-order valence-electron chi connectivity index (χ0n) is 23.6. The number of aliphatic hydroxyl groups is 1. The summed E-state index contributed by atoms with van der Waals surface area (Å²) in [5, 5.41) is 12.1. The summed E-state index contributed by atoms with van der Waals surface area (Å²) in [5.41, 5.74) is 1.67. The zero-order chi connectivity index (χ0) is 27.8. The number of benzene rings is 3. The van der Waals surface area contributed by atoms with E-state index in [1.54, 1.807) is 0 Å². The van der Waals surface area contributed by atoms with Gasteiger partial charge in [-0.1, -0.05) is 90.1 Å². The van der Waals surface area contributed by atoms with Crippen molar-refractivity contribution >= 4 is 16.6 Å². The number of ether oxygens (including phenoxy) is 1. The van der Waals surface area contributed by atoms with Crippen molar-refractivity contribution in [1.82, 2.24) is 4.98 Å². The molecule has 0 unspecified atom stereocenters. The van der Waals surface area contributed by atoms with Crippen LogP contribution in [0.3, 0.4) is 0 Å². The second-order valence-corrected chi connectivity index (χ2v) is 10.6. The Bertz CT molecular complexity index is 1380.